The van der Waals surface area contributed by atoms with E-state index in [0.29, 0.717) is 5.56 Å². The zero-order valence-electron chi connectivity index (χ0n) is 10.0. The van der Waals surface area contributed by atoms with Crippen LogP contribution < -0.4 is 0 Å². The van der Waals surface area contributed by atoms with E-state index in [1.807, 2.05) is 37.6 Å². The zero-order valence-corrected chi connectivity index (χ0v) is 11.6. The van der Waals surface area contributed by atoms with Crippen molar-refractivity contribution < 1.29 is 4.39 Å². The molecule has 2 aromatic rings. The molecule has 1 heterocycles. The van der Waals surface area contributed by atoms with E-state index < -0.39 is 0 Å². The molecule has 90 valence electrons. The fourth-order valence-corrected chi connectivity index (χ4v) is 2.31. The zero-order chi connectivity index (χ0) is 12.6. The molecule has 1 aromatic heterocycles. The van der Waals surface area contributed by atoms with Crippen molar-refractivity contribution in [2.24, 2.45) is 0 Å². The van der Waals surface area contributed by atoms with Gasteiger partial charge in [0.25, 0.3) is 0 Å². The average Bonchev–Trinajstić information content (AvgIpc) is 2.65. The second kappa shape index (κ2) is 4.26. The van der Waals surface area contributed by atoms with Crippen molar-refractivity contribution in [3.05, 3.63) is 40.8 Å². The van der Waals surface area contributed by atoms with Gasteiger partial charge in [0.05, 0.1) is 11.2 Å². The number of aromatic nitrogens is 2. The predicted octanol–water partition coefficient (Wildman–Crippen LogP) is 4.21. The Kier molecular flexibility index (Phi) is 3.08. The van der Waals surface area contributed by atoms with E-state index in [4.69, 9.17) is 0 Å². The molecule has 2 nitrogen and oxygen atoms in total. The number of halogens is 2. The molecule has 0 bridgehead atoms. The van der Waals surface area contributed by atoms with Crippen molar-refractivity contribution in [1.82, 2.24) is 9.78 Å². The van der Waals surface area contributed by atoms with E-state index in [1.54, 1.807) is 12.3 Å². The summed E-state index contributed by atoms with van der Waals surface area (Å²) in [6.07, 6.45) is 1.69. The predicted molar refractivity (Wildman–Crippen MR) is 70.3 cm³/mol. The molecule has 0 fully saturated rings. The first kappa shape index (κ1) is 12.3. The molecule has 0 spiro atoms. The molecule has 0 saturated carbocycles. The first-order chi connectivity index (χ1) is 7.91. The van der Waals surface area contributed by atoms with Gasteiger partial charge in [-0.05, 0) is 54.9 Å². The molecular formula is C13H14BrFN2. The Labute approximate surface area is 109 Å². The monoisotopic (exact) mass is 296 g/mol. The average molecular weight is 297 g/mol. The van der Waals surface area contributed by atoms with E-state index in [1.165, 1.54) is 6.07 Å². The lowest BCUT2D eigenvalue weighted by Crippen LogP contribution is -2.24. The second-order valence-corrected chi connectivity index (χ2v) is 5.75. The lowest BCUT2D eigenvalue weighted by atomic mass is 10.1. The Balaban J connectivity index is 2.66. The van der Waals surface area contributed by atoms with Crippen LogP contribution in [0.2, 0.25) is 0 Å². The summed E-state index contributed by atoms with van der Waals surface area (Å²) in [4.78, 5) is 0. The van der Waals surface area contributed by atoms with Crippen molar-refractivity contribution >= 4 is 15.9 Å². The Hall–Kier alpha value is -1.16. The molecule has 0 radical (unpaired) electrons. The molecule has 2 rings (SSSR count). The van der Waals surface area contributed by atoms with Crippen LogP contribution in [0.3, 0.4) is 0 Å². The number of benzene rings is 1. The number of hydrogen-bond donors (Lipinski definition) is 0. The van der Waals surface area contributed by atoms with Crippen molar-refractivity contribution in [3.8, 4) is 11.3 Å². The molecule has 0 unspecified atom stereocenters. The van der Waals surface area contributed by atoms with E-state index in [0.717, 1.165) is 10.2 Å². The standard InChI is InChI=1S/C13H14BrFN2/c1-13(2,3)17-11(7-8-16-17)12-9(14)5-4-6-10(12)15/h4-8H,1-3H3. The van der Waals surface area contributed by atoms with Gasteiger partial charge in [0, 0.05) is 16.2 Å². The molecule has 0 N–H and O–H groups in total. The van der Waals surface area contributed by atoms with Gasteiger partial charge in [-0.15, -0.1) is 0 Å². The van der Waals surface area contributed by atoms with Crippen LogP contribution in [0.25, 0.3) is 11.3 Å². The van der Waals surface area contributed by atoms with Crippen LogP contribution in [0.5, 0.6) is 0 Å². The van der Waals surface area contributed by atoms with Gasteiger partial charge in [-0.3, -0.25) is 4.68 Å². The summed E-state index contributed by atoms with van der Waals surface area (Å²) < 4.78 is 16.5. The van der Waals surface area contributed by atoms with Gasteiger partial charge in [-0.25, -0.2) is 4.39 Å². The normalized spacial score (nSPS) is 11.8. The summed E-state index contributed by atoms with van der Waals surface area (Å²) in [7, 11) is 0. The van der Waals surface area contributed by atoms with Gasteiger partial charge >= 0.3 is 0 Å². The second-order valence-electron chi connectivity index (χ2n) is 4.90. The molecule has 0 atom stereocenters. The van der Waals surface area contributed by atoms with Gasteiger partial charge in [0.1, 0.15) is 5.82 Å². The van der Waals surface area contributed by atoms with E-state index >= 15 is 0 Å². The minimum absolute atomic E-state index is 0.180. The SMILES string of the molecule is CC(C)(C)n1nccc1-c1c(F)cccc1Br. The minimum atomic E-state index is -0.245. The Morgan fingerprint density at radius 2 is 1.94 bits per heavy atom. The van der Waals surface area contributed by atoms with Crippen molar-refractivity contribution in [2.75, 3.05) is 0 Å². The third kappa shape index (κ3) is 2.27. The molecule has 4 heteroatoms. The highest BCUT2D eigenvalue weighted by atomic mass is 79.9. The van der Waals surface area contributed by atoms with Crippen LogP contribution in [-0.2, 0) is 5.54 Å². The third-order valence-electron chi connectivity index (χ3n) is 2.50. The van der Waals surface area contributed by atoms with Crippen LogP contribution in [0.1, 0.15) is 20.8 Å². The highest BCUT2D eigenvalue weighted by Crippen LogP contribution is 2.32. The molecule has 1 aromatic carbocycles. The Morgan fingerprint density at radius 3 is 2.53 bits per heavy atom. The van der Waals surface area contributed by atoms with E-state index in [-0.39, 0.29) is 11.4 Å². The maximum Gasteiger partial charge on any atom is 0.133 e. The van der Waals surface area contributed by atoms with Crippen LogP contribution >= 0.6 is 15.9 Å². The lowest BCUT2D eigenvalue weighted by molar-refractivity contribution is 0.359. The number of nitrogens with zero attached hydrogens (tertiary/aromatic N) is 2. The van der Waals surface area contributed by atoms with Crippen LogP contribution in [0.4, 0.5) is 4.39 Å². The van der Waals surface area contributed by atoms with Crippen LogP contribution in [-0.4, -0.2) is 9.78 Å². The summed E-state index contributed by atoms with van der Waals surface area (Å²) in [6.45, 7) is 6.12. The summed E-state index contributed by atoms with van der Waals surface area (Å²) in [5.74, 6) is -0.245. The molecule has 17 heavy (non-hydrogen) atoms. The largest absolute Gasteiger partial charge is 0.259 e. The van der Waals surface area contributed by atoms with Crippen LogP contribution in [0, 0.1) is 5.82 Å². The topological polar surface area (TPSA) is 17.8 Å². The minimum Gasteiger partial charge on any atom is -0.259 e. The maximum atomic E-state index is 13.9. The summed E-state index contributed by atoms with van der Waals surface area (Å²) in [6, 6.07) is 6.80. The van der Waals surface area contributed by atoms with Gasteiger partial charge in [-0.2, -0.15) is 5.10 Å². The summed E-state index contributed by atoms with van der Waals surface area (Å²) in [5, 5.41) is 4.28. The Morgan fingerprint density at radius 1 is 1.24 bits per heavy atom. The first-order valence-corrected chi connectivity index (χ1v) is 6.19. The summed E-state index contributed by atoms with van der Waals surface area (Å²) in [5.41, 5.74) is 1.16. The van der Waals surface area contributed by atoms with E-state index in [9.17, 15) is 4.39 Å². The van der Waals surface area contributed by atoms with Gasteiger partial charge < -0.3 is 0 Å². The Bertz CT molecular complexity index is 520. The molecule has 0 saturated heterocycles. The fraction of sp³-hybridized carbons (Fsp3) is 0.308. The van der Waals surface area contributed by atoms with Gasteiger partial charge in [0.15, 0.2) is 0 Å². The van der Waals surface area contributed by atoms with Crippen LogP contribution in [0.15, 0.2) is 34.9 Å². The van der Waals surface area contributed by atoms with Crippen molar-refractivity contribution in [1.29, 1.82) is 0 Å². The highest BCUT2D eigenvalue weighted by molar-refractivity contribution is 9.10. The molecule has 0 aliphatic carbocycles. The van der Waals surface area contributed by atoms with Gasteiger partial charge in [0.2, 0.25) is 0 Å². The van der Waals surface area contributed by atoms with Crippen molar-refractivity contribution in [2.45, 2.75) is 26.3 Å². The molecular weight excluding hydrogens is 283 g/mol. The lowest BCUT2D eigenvalue weighted by Gasteiger charge is -2.23. The van der Waals surface area contributed by atoms with Gasteiger partial charge in [-0.1, -0.05) is 6.07 Å². The van der Waals surface area contributed by atoms with E-state index in [2.05, 4.69) is 21.0 Å². The summed E-state index contributed by atoms with van der Waals surface area (Å²) >= 11 is 3.39. The first-order valence-electron chi connectivity index (χ1n) is 5.40. The van der Waals surface area contributed by atoms with Crippen molar-refractivity contribution in [3.63, 3.8) is 0 Å². The molecule has 0 aliphatic heterocycles. The smallest absolute Gasteiger partial charge is 0.133 e. The fourth-order valence-electron chi connectivity index (χ4n) is 1.77. The molecule has 0 aliphatic rings. The maximum absolute atomic E-state index is 13.9. The highest BCUT2D eigenvalue weighted by Gasteiger charge is 2.21. The number of hydrogen-bond acceptors (Lipinski definition) is 1. The molecule has 0 amide bonds. The third-order valence-corrected chi connectivity index (χ3v) is 3.16. The number of rotatable bonds is 1. The quantitative estimate of drug-likeness (QED) is 0.771.